The van der Waals surface area contributed by atoms with Gasteiger partial charge in [0.25, 0.3) is 9.04 Å². The molecule has 0 spiro atoms. The van der Waals surface area contributed by atoms with Crippen LogP contribution in [-0.4, -0.2) is 21.4 Å². The van der Waals surface area contributed by atoms with E-state index in [4.69, 9.17) is 4.43 Å². The van der Waals surface area contributed by atoms with Crippen molar-refractivity contribution in [3.05, 3.63) is 60.7 Å². The van der Waals surface area contributed by atoms with Crippen LogP contribution in [0.4, 0.5) is 0 Å². The average molecular weight is 259 g/mol. The van der Waals surface area contributed by atoms with E-state index in [0.717, 1.165) is 5.75 Å². The van der Waals surface area contributed by atoms with Crippen molar-refractivity contribution in [2.45, 2.75) is 0 Å². The summed E-state index contributed by atoms with van der Waals surface area (Å²) >= 11 is 4.21. The molecule has 1 radical (unpaired) electrons. The maximum atomic E-state index is 5.99. The Kier molecular flexibility index (Phi) is 4.85. The van der Waals surface area contributed by atoms with Gasteiger partial charge in [-0.05, 0) is 10.4 Å². The smallest absolute Gasteiger partial charge is 0.282 e. The molecule has 2 aromatic carbocycles. The standard InChI is InChI=1S/C14H15OSSi/c16-12-11-15-17(13-7-3-1-4-8-13)14-9-5-2-6-10-14/h1-10,16H,11-12H2. The Morgan fingerprint density at radius 3 is 1.71 bits per heavy atom. The Bertz CT molecular complexity index is 393. The van der Waals surface area contributed by atoms with Crippen molar-refractivity contribution in [3.63, 3.8) is 0 Å². The fraction of sp³-hybridized carbons (Fsp3) is 0.143. The van der Waals surface area contributed by atoms with Crippen LogP contribution in [0.1, 0.15) is 0 Å². The van der Waals surface area contributed by atoms with Crippen molar-refractivity contribution in [1.82, 2.24) is 0 Å². The molecule has 2 aromatic rings. The summed E-state index contributed by atoms with van der Waals surface area (Å²) in [5, 5.41) is 2.57. The van der Waals surface area contributed by atoms with Gasteiger partial charge in [-0.25, -0.2) is 0 Å². The lowest BCUT2D eigenvalue weighted by Gasteiger charge is -2.15. The van der Waals surface area contributed by atoms with Crippen LogP contribution in [-0.2, 0) is 4.43 Å². The molecule has 0 bridgehead atoms. The predicted molar refractivity (Wildman–Crippen MR) is 77.7 cm³/mol. The molecular formula is C14H15OSSi. The normalized spacial score (nSPS) is 10.7. The molecule has 17 heavy (non-hydrogen) atoms. The lowest BCUT2D eigenvalue weighted by Crippen LogP contribution is -2.45. The maximum absolute atomic E-state index is 5.99. The summed E-state index contributed by atoms with van der Waals surface area (Å²) < 4.78 is 5.99. The zero-order valence-corrected chi connectivity index (χ0v) is 11.4. The number of benzene rings is 2. The fourth-order valence-corrected chi connectivity index (χ4v) is 3.89. The summed E-state index contributed by atoms with van der Waals surface area (Å²) in [7, 11) is -1.11. The molecule has 1 nitrogen and oxygen atoms in total. The number of hydrogen-bond donors (Lipinski definition) is 1. The summed E-state index contributed by atoms with van der Waals surface area (Å²) in [6.07, 6.45) is 0. The second kappa shape index (κ2) is 6.64. The second-order valence-corrected chi connectivity index (χ2v) is 6.18. The zero-order valence-electron chi connectivity index (χ0n) is 9.54. The van der Waals surface area contributed by atoms with Crippen molar-refractivity contribution in [3.8, 4) is 0 Å². The Hall–Kier alpha value is -1.03. The average Bonchev–Trinajstić information content (AvgIpc) is 2.42. The first-order valence-corrected chi connectivity index (χ1v) is 7.67. The minimum Gasteiger partial charge on any atom is -0.407 e. The Morgan fingerprint density at radius 2 is 1.29 bits per heavy atom. The molecule has 0 aliphatic rings. The van der Waals surface area contributed by atoms with E-state index in [0.29, 0.717) is 6.61 Å². The van der Waals surface area contributed by atoms with Crippen molar-refractivity contribution in [2.24, 2.45) is 0 Å². The zero-order chi connectivity index (χ0) is 11.9. The van der Waals surface area contributed by atoms with Gasteiger partial charge >= 0.3 is 0 Å². The van der Waals surface area contributed by atoms with E-state index in [1.54, 1.807) is 0 Å². The van der Waals surface area contributed by atoms with Gasteiger partial charge in [-0.3, -0.25) is 0 Å². The lowest BCUT2D eigenvalue weighted by molar-refractivity contribution is 0.362. The quantitative estimate of drug-likeness (QED) is 0.636. The molecule has 0 aromatic heterocycles. The van der Waals surface area contributed by atoms with Gasteiger partial charge in [0.1, 0.15) is 0 Å². The minimum atomic E-state index is -1.11. The highest BCUT2D eigenvalue weighted by Crippen LogP contribution is 1.95. The van der Waals surface area contributed by atoms with E-state index in [2.05, 4.69) is 61.2 Å². The van der Waals surface area contributed by atoms with E-state index in [9.17, 15) is 0 Å². The molecule has 0 aliphatic carbocycles. The van der Waals surface area contributed by atoms with Gasteiger partial charge in [0.2, 0.25) is 0 Å². The Balaban J connectivity index is 2.26. The third kappa shape index (κ3) is 3.46. The van der Waals surface area contributed by atoms with E-state index < -0.39 is 9.04 Å². The van der Waals surface area contributed by atoms with Gasteiger partial charge in [-0.15, -0.1) is 0 Å². The minimum absolute atomic E-state index is 0.696. The highest BCUT2D eigenvalue weighted by Gasteiger charge is 2.18. The largest absolute Gasteiger partial charge is 0.407 e. The van der Waals surface area contributed by atoms with Crippen LogP contribution < -0.4 is 10.4 Å². The molecular weight excluding hydrogens is 244 g/mol. The van der Waals surface area contributed by atoms with Gasteiger partial charge in [0.15, 0.2) is 0 Å². The van der Waals surface area contributed by atoms with Gasteiger partial charge in [-0.1, -0.05) is 60.7 Å². The van der Waals surface area contributed by atoms with Crippen LogP contribution in [0.15, 0.2) is 60.7 Å². The van der Waals surface area contributed by atoms with Gasteiger partial charge in [0, 0.05) is 12.4 Å². The molecule has 0 amide bonds. The van der Waals surface area contributed by atoms with Crippen LogP contribution in [0, 0.1) is 0 Å². The molecule has 0 heterocycles. The summed E-state index contributed by atoms with van der Waals surface area (Å²) in [4.78, 5) is 0. The van der Waals surface area contributed by atoms with Crippen molar-refractivity contribution < 1.29 is 4.43 Å². The molecule has 0 N–H and O–H groups in total. The first-order valence-electron chi connectivity index (χ1n) is 5.63. The summed E-state index contributed by atoms with van der Waals surface area (Å²) in [5.41, 5.74) is 0. The lowest BCUT2D eigenvalue weighted by atomic mass is 10.4. The van der Waals surface area contributed by atoms with E-state index >= 15 is 0 Å². The molecule has 3 heteroatoms. The van der Waals surface area contributed by atoms with Crippen LogP contribution in [0.25, 0.3) is 0 Å². The van der Waals surface area contributed by atoms with Gasteiger partial charge < -0.3 is 4.43 Å². The van der Waals surface area contributed by atoms with Gasteiger partial charge in [0.05, 0.1) is 0 Å². The van der Waals surface area contributed by atoms with E-state index in [1.807, 2.05) is 12.1 Å². The summed E-state index contributed by atoms with van der Waals surface area (Å²) in [5.74, 6) is 0.758. The Labute approximate surface area is 110 Å². The van der Waals surface area contributed by atoms with Crippen LogP contribution in [0.5, 0.6) is 0 Å². The molecule has 0 atom stereocenters. The molecule has 0 aliphatic heterocycles. The molecule has 0 saturated carbocycles. The first kappa shape index (κ1) is 12.4. The predicted octanol–water partition coefficient (Wildman–Crippen LogP) is 1.74. The van der Waals surface area contributed by atoms with Crippen molar-refractivity contribution in [1.29, 1.82) is 0 Å². The summed E-state index contributed by atoms with van der Waals surface area (Å²) in [6.45, 7) is 0.696. The first-order chi connectivity index (χ1) is 8.42. The molecule has 0 saturated heterocycles. The number of hydrogen-bond acceptors (Lipinski definition) is 2. The highest BCUT2D eigenvalue weighted by molar-refractivity contribution is 7.80. The molecule has 0 fully saturated rings. The van der Waals surface area contributed by atoms with Crippen molar-refractivity contribution in [2.75, 3.05) is 12.4 Å². The SMILES string of the molecule is SCCO[Si](c1ccccc1)c1ccccc1. The summed E-state index contributed by atoms with van der Waals surface area (Å²) in [6, 6.07) is 20.9. The fourth-order valence-electron chi connectivity index (χ4n) is 1.66. The molecule has 2 rings (SSSR count). The second-order valence-electron chi connectivity index (χ2n) is 3.63. The third-order valence-electron chi connectivity index (χ3n) is 2.41. The maximum Gasteiger partial charge on any atom is 0.282 e. The van der Waals surface area contributed by atoms with Crippen LogP contribution in [0.2, 0.25) is 0 Å². The Morgan fingerprint density at radius 1 is 0.824 bits per heavy atom. The highest BCUT2D eigenvalue weighted by atomic mass is 32.1. The van der Waals surface area contributed by atoms with E-state index in [1.165, 1.54) is 10.4 Å². The molecule has 87 valence electrons. The monoisotopic (exact) mass is 259 g/mol. The van der Waals surface area contributed by atoms with Gasteiger partial charge in [-0.2, -0.15) is 12.6 Å². The topological polar surface area (TPSA) is 9.23 Å². The van der Waals surface area contributed by atoms with E-state index in [-0.39, 0.29) is 0 Å². The van der Waals surface area contributed by atoms with Crippen LogP contribution >= 0.6 is 12.6 Å². The van der Waals surface area contributed by atoms with Crippen LogP contribution in [0.3, 0.4) is 0 Å². The number of rotatable bonds is 5. The third-order valence-corrected chi connectivity index (χ3v) is 4.80. The van der Waals surface area contributed by atoms with Crippen molar-refractivity contribution >= 4 is 32.0 Å². The molecule has 0 unspecified atom stereocenters. The number of thiol groups is 1.